The molecule has 140 valence electrons. The van der Waals surface area contributed by atoms with Gasteiger partial charge >= 0.3 is 0 Å². The largest absolute Gasteiger partial charge is 0.386 e. The van der Waals surface area contributed by atoms with E-state index < -0.39 is 5.60 Å². The summed E-state index contributed by atoms with van der Waals surface area (Å²) in [5.41, 5.74) is 1.16. The lowest BCUT2D eigenvalue weighted by Crippen LogP contribution is -2.46. The molecule has 7 nitrogen and oxygen atoms in total. The summed E-state index contributed by atoms with van der Waals surface area (Å²) in [7, 11) is 3.65. The normalized spacial score (nSPS) is 19.8. The van der Waals surface area contributed by atoms with Crippen LogP contribution in [0.15, 0.2) is 30.6 Å². The lowest BCUT2D eigenvalue weighted by Gasteiger charge is -2.29. The number of β-amino-alcohol motifs (C(OH)–C–C–N with tert-alkyl or cyclic N) is 1. The molecule has 1 aliphatic heterocycles. The Kier molecular flexibility index (Phi) is 5.27. The summed E-state index contributed by atoms with van der Waals surface area (Å²) in [6, 6.07) is 5.76. The molecular formula is C19H27N5O2. The first-order valence-corrected chi connectivity index (χ1v) is 8.98. The van der Waals surface area contributed by atoms with Crippen LogP contribution in [0.25, 0.3) is 0 Å². The quantitative estimate of drug-likeness (QED) is 0.840. The fraction of sp³-hybridized carbons (Fsp3) is 0.526. The van der Waals surface area contributed by atoms with Crippen molar-refractivity contribution in [2.45, 2.75) is 31.8 Å². The summed E-state index contributed by atoms with van der Waals surface area (Å²) in [6.07, 6.45) is 5.42. The number of carbonyl (C=O) groups excluding carboxylic acids is 1. The number of amides is 1. The highest BCUT2D eigenvalue weighted by Crippen LogP contribution is 2.26. The van der Waals surface area contributed by atoms with Crippen LogP contribution < -0.4 is 4.90 Å². The number of rotatable bonds is 6. The number of aromatic nitrogens is 3. The smallest absolute Gasteiger partial charge is 0.222 e. The second kappa shape index (κ2) is 7.45. The monoisotopic (exact) mass is 357 g/mol. The van der Waals surface area contributed by atoms with Crippen LogP contribution in [0.4, 0.5) is 5.82 Å². The van der Waals surface area contributed by atoms with Crippen molar-refractivity contribution in [2.24, 2.45) is 7.05 Å². The van der Waals surface area contributed by atoms with Crippen LogP contribution in [0.3, 0.4) is 0 Å². The number of aryl methyl sites for hydroxylation is 3. The molecule has 0 aromatic carbocycles. The maximum atomic E-state index is 12.5. The molecule has 0 unspecified atom stereocenters. The van der Waals surface area contributed by atoms with Gasteiger partial charge in [0.2, 0.25) is 5.91 Å². The van der Waals surface area contributed by atoms with Gasteiger partial charge < -0.3 is 14.9 Å². The van der Waals surface area contributed by atoms with Crippen molar-refractivity contribution in [3.8, 4) is 0 Å². The van der Waals surface area contributed by atoms with Gasteiger partial charge in [-0.25, -0.2) is 4.98 Å². The maximum Gasteiger partial charge on any atom is 0.222 e. The number of likely N-dealkylation sites (N-methyl/N-ethyl adjacent to an activating group) is 1. The van der Waals surface area contributed by atoms with Gasteiger partial charge in [0.25, 0.3) is 0 Å². The fourth-order valence-electron chi connectivity index (χ4n) is 3.58. The van der Waals surface area contributed by atoms with E-state index in [0.29, 0.717) is 32.4 Å². The minimum Gasteiger partial charge on any atom is -0.386 e. The third-order valence-corrected chi connectivity index (χ3v) is 4.99. The Hall–Kier alpha value is -2.41. The van der Waals surface area contributed by atoms with Gasteiger partial charge in [0.15, 0.2) is 0 Å². The van der Waals surface area contributed by atoms with E-state index in [9.17, 15) is 9.90 Å². The third kappa shape index (κ3) is 4.22. The van der Waals surface area contributed by atoms with Crippen LogP contribution in [-0.2, 0) is 18.3 Å². The Bertz CT molecular complexity index is 761. The standard InChI is InChI=1S/C19H27N5O2/c1-15-16(12-23(3)21-15)7-8-18(25)22(2)13-19(26)9-11-24(14-19)17-6-4-5-10-20-17/h4-6,10,12,26H,7-9,11,13-14H2,1-3H3/t19-/m1/s1. The third-order valence-electron chi connectivity index (χ3n) is 4.99. The zero-order valence-electron chi connectivity index (χ0n) is 15.7. The predicted octanol–water partition coefficient (Wildman–Crippen LogP) is 1.16. The van der Waals surface area contributed by atoms with E-state index in [1.54, 1.807) is 22.8 Å². The lowest BCUT2D eigenvalue weighted by atomic mass is 10.0. The number of pyridine rings is 1. The Morgan fingerprint density at radius 1 is 1.42 bits per heavy atom. The average molecular weight is 357 g/mol. The fourth-order valence-corrected chi connectivity index (χ4v) is 3.58. The second-order valence-electron chi connectivity index (χ2n) is 7.25. The van der Waals surface area contributed by atoms with Crippen LogP contribution >= 0.6 is 0 Å². The van der Waals surface area contributed by atoms with Gasteiger partial charge in [-0.15, -0.1) is 0 Å². The van der Waals surface area contributed by atoms with Crippen LogP contribution in [0.1, 0.15) is 24.1 Å². The number of anilines is 1. The molecule has 3 heterocycles. The molecule has 0 bridgehead atoms. The minimum atomic E-state index is -0.897. The Morgan fingerprint density at radius 3 is 2.88 bits per heavy atom. The van der Waals surface area contributed by atoms with Gasteiger partial charge in [0.1, 0.15) is 11.4 Å². The minimum absolute atomic E-state index is 0.0398. The van der Waals surface area contributed by atoms with Crippen molar-refractivity contribution in [3.05, 3.63) is 41.9 Å². The average Bonchev–Trinajstić information content (AvgIpc) is 3.15. The van der Waals surface area contributed by atoms with Crippen molar-refractivity contribution in [1.82, 2.24) is 19.7 Å². The highest BCUT2D eigenvalue weighted by Gasteiger charge is 2.38. The van der Waals surface area contributed by atoms with E-state index in [1.165, 1.54) is 0 Å². The van der Waals surface area contributed by atoms with Gasteiger partial charge in [0.05, 0.1) is 12.2 Å². The van der Waals surface area contributed by atoms with Gasteiger partial charge in [-0.05, 0) is 37.5 Å². The van der Waals surface area contributed by atoms with Gasteiger partial charge in [-0.1, -0.05) is 6.07 Å². The molecule has 0 spiro atoms. The Balaban J connectivity index is 1.53. The first-order valence-electron chi connectivity index (χ1n) is 8.98. The van der Waals surface area contributed by atoms with Crippen molar-refractivity contribution < 1.29 is 9.90 Å². The zero-order valence-corrected chi connectivity index (χ0v) is 15.7. The molecule has 1 saturated heterocycles. The number of carbonyl (C=O) groups is 1. The van der Waals surface area contributed by atoms with Crippen LogP contribution in [0.2, 0.25) is 0 Å². The van der Waals surface area contributed by atoms with E-state index in [1.807, 2.05) is 38.4 Å². The molecule has 1 aliphatic rings. The Labute approximate surface area is 154 Å². The van der Waals surface area contributed by atoms with E-state index in [4.69, 9.17) is 0 Å². The predicted molar refractivity (Wildman–Crippen MR) is 99.9 cm³/mol. The van der Waals surface area contributed by atoms with Crippen LogP contribution in [-0.4, -0.2) is 63.0 Å². The first-order chi connectivity index (χ1) is 12.4. The molecule has 1 fully saturated rings. The maximum absolute atomic E-state index is 12.5. The summed E-state index contributed by atoms with van der Waals surface area (Å²) < 4.78 is 1.77. The molecule has 2 aromatic heterocycles. The van der Waals surface area contributed by atoms with Gasteiger partial charge in [0, 0.05) is 46.0 Å². The lowest BCUT2D eigenvalue weighted by molar-refractivity contribution is -0.132. The summed E-state index contributed by atoms with van der Waals surface area (Å²) >= 11 is 0. The number of aliphatic hydroxyl groups is 1. The van der Waals surface area contributed by atoms with E-state index in [2.05, 4.69) is 15.0 Å². The second-order valence-corrected chi connectivity index (χ2v) is 7.25. The molecule has 3 rings (SSSR count). The number of hydrogen-bond donors (Lipinski definition) is 1. The zero-order chi connectivity index (χ0) is 18.7. The molecule has 1 N–H and O–H groups in total. The van der Waals surface area contributed by atoms with E-state index >= 15 is 0 Å². The van der Waals surface area contributed by atoms with Crippen molar-refractivity contribution in [3.63, 3.8) is 0 Å². The molecule has 7 heteroatoms. The molecule has 0 radical (unpaired) electrons. The highest BCUT2D eigenvalue weighted by atomic mass is 16.3. The number of nitrogens with zero attached hydrogens (tertiary/aromatic N) is 5. The van der Waals surface area contributed by atoms with Crippen molar-refractivity contribution >= 4 is 11.7 Å². The Morgan fingerprint density at radius 2 is 2.23 bits per heavy atom. The highest BCUT2D eigenvalue weighted by molar-refractivity contribution is 5.76. The molecule has 1 atom stereocenters. The van der Waals surface area contributed by atoms with E-state index in [0.717, 1.165) is 23.6 Å². The summed E-state index contributed by atoms with van der Waals surface area (Å²) in [6.45, 7) is 3.52. The van der Waals surface area contributed by atoms with Crippen LogP contribution in [0, 0.1) is 6.92 Å². The summed E-state index contributed by atoms with van der Waals surface area (Å²) in [4.78, 5) is 20.5. The van der Waals surface area contributed by atoms with Crippen LogP contribution in [0.5, 0.6) is 0 Å². The first kappa shape index (κ1) is 18.4. The van der Waals surface area contributed by atoms with Crippen molar-refractivity contribution in [1.29, 1.82) is 0 Å². The molecule has 26 heavy (non-hydrogen) atoms. The van der Waals surface area contributed by atoms with E-state index in [-0.39, 0.29) is 5.91 Å². The molecule has 0 aliphatic carbocycles. The van der Waals surface area contributed by atoms with Gasteiger partial charge in [-0.3, -0.25) is 9.48 Å². The number of hydrogen-bond acceptors (Lipinski definition) is 5. The van der Waals surface area contributed by atoms with Gasteiger partial charge in [-0.2, -0.15) is 5.10 Å². The van der Waals surface area contributed by atoms with Crippen molar-refractivity contribution in [2.75, 3.05) is 31.6 Å². The molecule has 1 amide bonds. The summed E-state index contributed by atoms with van der Waals surface area (Å²) in [5.74, 6) is 0.905. The SMILES string of the molecule is Cc1nn(C)cc1CCC(=O)N(C)C[C@]1(O)CCN(c2ccccn2)C1. The molecule has 2 aromatic rings. The molecule has 0 saturated carbocycles. The topological polar surface area (TPSA) is 74.5 Å². The molecular weight excluding hydrogens is 330 g/mol. The summed E-state index contributed by atoms with van der Waals surface area (Å²) in [5, 5.41) is 15.2.